The second-order valence-corrected chi connectivity index (χ2v) is 17.5. The maximum atomic E-state index is 14.8. The quantitative estimate of drug-likeness (QED) is 0.376. The summed E-state index contributed by atoms with van der Waals surface area (Å²) in [6.07, 6.45) is 1.44. The third kappa shape index (κ3) is 4.89. The number of aliphatic hydroxyl groups is 1. The van der Waals surface area contributed by atoms with Crippen molar-refractivity contribution in [1.29, 1.82) is 0 Å². The third-order valence-electron chi connectivity index (χ3n) is 10.2. The lowest BCUT2D eigenvalue weighted by molar-refractivity contribution is -0.150. The summed E-state index contributed by atoms with van der Waals surface area (Å²) in [5, 5.41) is 11.2. The van der Waals surface area contributed by atoms with Gasteiger partial charge in [-0.05, 0) is 42.1 Å². The van der Waals surface area contributed by atoms with Gasteiger partial charge in [0, 0.05) is 18.0 Å². The molecule has 3 aromatic rings. The molecular formula is C35H42N2O5Si. The fourth-order valence-electron chi connectivity index (χ4n) is 8.03. The van der Waals surface area contributed by atoms with Gasteiger partial charge < -0.3 is 24.4 Å². The van der Waals surface area contributed by atoms with Gasteiger partial charge in [-0.15, -0.1) is 0 Å². The molecule has 226 valence electrons. The average molecular weight is 599 g/mol. The maximum absolute atomic E-state index is 14.8. The molecule has 8 heteroatoms. The Labute approximate surface area is 255 Å². The minimum absolute atomic E-state index is 0.00444. The van der Waals surface area contributed by atoms with E-state index in [1.807, 2.05) is 76.5 Å². The van der Waals surface area contributed by atoms with Gasteiger partial charge in [0.05, 0.1) is 52.6 Å². The fraction of sp³-hybridized carbons (Fsp3) is 0.429. The summed E-state index contributed by atoms with van der Waals surface area (Å²) in [6.45, 7) is 7.88. The van der Waals surface area contributed by atoms with Gasteiger partial charge >= 0.3 is 0 Å². The van der Waals surface area contributed by atoms with Crippen molar-refractivity contribution in [3.63, 3.8) is 0 Å². The molecule has 0 saturated carbocycles. The van der Waals surface area contributed by atoms with Crippen LogP contribution >= 0.6 is 0 Å². The van der Waals surface area contributed by atoms with Crippen molar-refractivity contribution in [2.24, 2.45) is 5.92 Å². The van der Waals surface area contributed by atoms with Crippen molar-refractivity contribution in [3.8, 4) is 5.75 Å². The molecule has 0 bridgehead atoms. The van der Waals surface area contributed by atoms with Crippen LogP contribution in [0, 0.1) is 5.92 Å². The van der Waals surface area contributed by atoms with Gasteiger partial charge in [0.1, 0.15) is 5.75 Å². The molecule has 43 heavy (non-hydrogen) atoms. The molecule has 6 rings (SSSR count). The predicted molar refractivity (Wildman–Crippen MR) is 170 cm³/mol. The smallest absolute Gasteiger partial charge is 0.264 e. The highest BCUT2D eigenvalue weighted by molar-refractivity contribution is 6.91. The van der Waals surface area contributed by atoms with Crippen molar-refractivity contribution in [2.45, 2.75) is 69.1 Å². The minimum atomic E-state index is -2.35. The summed E-state index contributed by atoms with van der Waals surface area (Å²) < 4.78 is 12.5. The number of ether oxygens (including phenoxy) is 2. The van der Waals surface area contributed by atoms with Gasteiger partial charge in [0.25, 0.3) is 5.91 Å². The van der Waals surface area contributed by atoms with Crippen LogP contribution in [0.25, 0.3) is 0 Å². The standard InChI is InChI=1S/C35H42N2O5Si/c1-24-33(43(3,4)28-18-16-27(41-2)17-19-28)31(21-32(39)36-20-10-13-26(36)23-38)42-35(24)29-14-8-9-15-30(29)37(34(35)40)22-25-11-6-5-7-12-25/h5-9,11-12,14-19,24,26,31,33,38H,10,13,20-23H2,1-4H3/t24-,26+,31+,33-,35+/m1/s1. The monoisotopic (exact) mass is 598 g/mol. The molecule has 3 heterocycles. The molecular weight excluding hydrogens is 556 g/mol. The van der Waals surface area contributed by atoms with Crippen LogP contribution in [-0.4, -0.2) is 62.3 Å². The van der Waals surface area contributed by atoms with E-state index in [1.165, 1.54) is 5.19 Å². The molecule has 3 aromatic carbocycles. The van der Waals surface area contributed by atoms with E-state index >= 15 is 0 Å². The van der Waals surface area contributed by atoms with Gasteiger partial charge in [-0.3, -0.25) is 9.59 Å². The van der Waals surface area contributed by atoms with Crippen LogP contribution in [0.5, 0.6) is 5.75 Å². The molecule has 7 nitrogen and oxygen atoms in total. The summed E-state index contributed by atoms with van der Waals surface area (Å²) in [7, 11) is -0.687. The van der Waals surface area contributed by atoms with Crippen molar-refractivity contribution >= 4 is 30.8 Å². The molecule has 0 aromatic heterocycles. The molecule has 5 atom stereocenters. The highest BCUT2D eigenvalue weighted by Crippen LogP contribution is 2.60. The van der Waals surface area contributed by atoms with Crippen LogP contribution in [0.1, 0.15) is 37.3 Å². The van der Waals surface area contributed by atoms with Gasteiger partial charge in [0.15, 0.2) is 5.60 Å². The number of anilines is 1. The summed E-state index contributed by atoms with van der Waals surface area (Å²) in [5.74, 6) is 0.567. The van der Waals surface area contributed by atoms with E-state index in [0.29, 0.717) is 13.1 Å². The van der Waals surface area contributed by atoms with Crippen LogP contribution in [0.3, 0.4) is 0 Å². The van der Waals surface area contributed by atoms with E-state index in [-0.39, 0.29) is 42.3 Å². The third-order valence-corrected chi connectivity index (χ3v) is 14.6. The highest BCUT2D eigenvalue weighted by Gasteiger charge is 2.66. The van der Waals surface area contributed by atoms with Crippen molar-refractivity contribution in [1.82, 2.24) is 4.90 Å². The Hall–Kier alpha value is -3.46. The summed E-state index contributed by atoms with van der Waals surface area (Å²) in [6, 6.07) is 26.1. The first-order valence-electron chi connectivity index (χ1n) is 15.4. The van der Waals surface area contributed by atoms with E-state index in [4.69, 9.17) is 9.47 Å². The lowest BCUT2D eigenvalue weighted by Gasteiger charge is -2.37. The van der Waals surface area contributed by atoms with Crippen LogP contribution in [0.2, 0.25) is 18.6 Å². The van der Waals surface area contributed by atoms with E-state index in [2.05, 4.69) is 32.2 Å². The van der Waals surface area contributed by atoms with Gasteiger partial charge in [-0.25, -0.2) is 0 Å². The van der Waals surface area contributed by atoms with E-state index < -0.39 is 19.8 Å². The van der Waals surface area contributed by atoms with E-state index in [1.54, 1.807) is 7.11 Å². The average Bonchev–Trinajstić information content (AvgIpc) is 3.69. The zero-order chi connectivity index (χ0) is 30.4. The Morgan fingerprint density at radius 1 is 1.05 bits per heavy atom. The summed E-state index contributed by atoms with van der Waals surface area (Å²) in [4.78, 5) is 32.3. The normalized spacial score (nSPS) is 26.8. The number of carbonyl (C=O) groups is 2. The number of nitrogens with zero attached hydrogens (tertiary/aromatic N) is 2. The summed E-state index contributed by atoms with van der Waals surface area (Å²) in [5.41, 5.74) is 1.61. The first-order valence-corrected chi connectivity index (χ1v) is 18.5. The first-order chi connectivity index (χ1) is 20.7. The zero-order valence-corrected chi connectivity index (χ0v) is 26.5. The van der Waals surface area contributed by atoms with Gasteiger partial charge in [-0.2, -0.15) is 0 Å². The van der Waals surface area contributed by atoms with Crippen LogP contribution in [0.4, 0.5) is 5.69 Å². The molecule has 1 N–H and O–H groups in total. The van der Waals surface area contributed by atoms with Crippen LogP contribution < -0.4 is 14.8 Å². The number of rotatable bonds is 8. The molecule has 1 spiro atoms. The molecule has 2 fully saturated rings. The number of fused-ring (bicyclic) bond motifs is 2. The highest BCUT2D eigenvalue weighted by atomic mass is 28.3. The Morgan fingerprint density at radius 3 is 2.44 bits per heavy atom. The Kier molecular flexibility index (Phi) is 7.96. The van der Waals surface area contributed by atoms with Crippen LogP contribution in [0.15, 0.2) is 78.9 Å². The molecule has 2 saturated heterocycles. The Morgan fingerprint density at radius 2 is 1.74 bits per heavy atom. The second kappa shape index (κ2) is 11.6. The number of carbonyl (C=O) groups excluding carboxylic acids is 2. The predicted octanol–water partition coefficient (Wildman–Crippen LogP) is 4.83. The number of likely N-dealkylation sites (tertiary alicyclic amines) is 1. The minimum Gasteiger partial charge on any atom is -0.497 e. The molecule has 3 aliphatic rings. The zero-order valence-electron chi connectivity index (χ0n) is 25.5. The second-order valence-electron chi connectivity index (χ2n) is 12.8. The van der Waals surface area contributed by atoms with E-state index in [9.17, 15) is 14.7 Å². The van der Waals surface area contributed by atoms with Gasteiger partial charge in [-0.1, -0.05) is 85.9 Å². The molecule has 0 aliphatic carbocycles. The molecule has 0 unspecified atom stereocenters. The molecule has 2 amide bonds. The Balaban J connectivity index is 1.42. The van der Waals surface area contributed by atoms with E-state index in [0.717, 1.165) is 35.4 Å². The molecule has 3 aliphatic heterocycles. The van der Waals surface area contributed by atoms with Crippen molar-refractivity contribution in [2.75, 3.05) is 25.2 Å². The largest absolute Gasteiger partial charge is 0.497 e. The lowest BCUT2D eigenvalue weighted by Crippen LogP contribution is -2.52. The number of benzene rings is 3. The Bertz CT molecular complexity index is 1480. The number of amides is 2. The first kappa shape index (κ1) is 29.6. The lowest BCUT2D eigenvalue weighted by atomic mass is 9.82. The van der Waals surface area contributed by atoms with Crippen molar-refractivity contribution < 1.29 is 24.2 Å². The molecule has 0 radical (unpaired) electrons. The maximum Gasteiger partial charge on any atom is 0.264 e. The number of para-hydroxylation sites is 1. The van der Waals surface area contributed by atoms with Crippen LogP contribution in [-0.2, 0) is 26.5 Å². The SMILES string of the molecule is COc1ccc([Si](C)(C)[C@H]2[C@H](CC(=O)N3CCC[C@H]3CO)O[C@@]3(C(=O)N(Cc4ccccc4)c4ccccc43)[C@@H]2C)cc1. The van der Waals surface area contributed by atoms with Crippen molar-refractivity contribution in [3.05, 3.63) is 90.0 Å². The number of hydrogen-bond acceptors (Lipinski definition) is 5. The number of methoxy groups -OCH3 is 1. The topological polar surface area (TPSA) is 79.3 Å². The number of hydrogen-bond donors (Lipinski definition) is 1. The van der Waals surface area contributed by atoms with Gasteiger partial charge in [0.2, 0.25) is 5.91 Å². The summed E-state index contributed by atoms with van der Waals surface area (Å²) >= 11 is 0. The fourth-order valence-corrected chi connectivity index (χ4v) is 12.0. The number of aliphatic hydroxyl groups excluding tert-OH is 1.